The Labute approximate surface area is 102 Å². The van der Waals surface area contributed by atoms with Crippen LogP contribution in [0, 0.1) is 6.92 Å². The van der Waals surface area contributed by atoms with Gasteiger partial charge in [0, 0.05) is 15.5 Å². The van der Waals surface area contributed by atoms with Crippen molar-refractivity contribution in [2.24, 2.45) is 0 Å². The molecule has 0 radical (unpaired) electrons. The molecule has 0 saturated heterocycles. The van der Waals surface area contributed by atoms with E-state index in [4.69, 9.17) is 16.0 Å². The highest BCUT2D eigenvalue weighted by molar-refractivity contribution is 7.99. The third kappa shape index (κ3) is 2.40. The van der Waals surface area contributed by atoms with Gasteiger partial charge in [-0.3, -0.25) is 0 Å². The summed E-state index contributed by atoms with van der Waals surface area (Å²) in [5.41, 5.74) is 1.53. The largest absolute Gasteiger partial charge is 0.439 e. The second-order valence-electron chi connectivity index (χ2n) is 3.23. The van der Waals surface area contributed by atoms with Crippen LogP contribution >= 0.6 is 23.4 Å². The number of rotatable bonds is 3. The van der Waals surface area contributed by atoms with Gasteiger partial charge in [0.2, 0.25) is 0 Å². The maximum atomic E-state index is 9.23. The summed E-state index contributed by atoms with van der Waals surface area (Å²) in [6.07, 6.45) is 1.59. The van der Waals surface area contributed by atoms with Crippen molar-refractivity contribution >= 4 is 23.4 Å². The molecule has 1 heterocycles. The van der Waals surface area contributed by atoms with Crippen molar-refractivity contribution in [3.63, 3.8) is 0 Å². The lowest BCUT2D eigenvalue weighted by atomic mass is 10.2. The summed E-state index contributed by atoms with van der Waals surface area (Å²) in [6, 6.07) is 5.46. The fraction of sp³-hybridized carbons (Fsp3) is 0.182. The number of nitrogens with zero attached hydrogens (tertiary/aromatic N) is 1. The number of oxazole rings is 1. The van der Waals surface area contributed by atoms with Gasteiger partial charge >= 0.3 is 0 Å². The van der Waals surface area contributed by atoms with Gasteiger partial charge in [-0.05, 0) is 30.8 Å². The van der Waals surface area contributed by atoms with Crippen molar-refractivity contribution in [3.8, 4) is 0 Å². The number of aryl methyl sites for hydroxylation is 1. The summed E-state index contributed by atoms with van der Waals surface area (Å²) in [5, 5.41) is 10.3. The van der Waals surface area contributed by atoms with Crippen LogP contribution < -0.4 is 0 Å². The molecule has 0 aliphatic carbocycles. The van der Waals surface area contributed by atoms with E-state index in [1.165, 1.54) is 11.8 Å². The fourth-order valence-electron chi connectivity index (χ4n) is 1.26. The molecule has 16 heavy (non-hydrogen) atoms. The molecule has 0 spiro atoms. The molecular formula is C11H10ClNO2S. The smallest absolute Gasteiger partial charge is 0.260 e. The van der Waals surface area contributed by atoms with Gasteiger partial charge in [0.15, 0.2) is 0 Å². The van der Waals surface area contributed by atoms with E-state index in [-0.39, 0.29) is 6.61 Å². The molecule has 0 amide bonds. The van der Waals surface area contributed by atoms with Crippen LogP contribution in [0.2, 0.25) is 5.02 Å². The summed E-state index contributed by atoms with van der Waals surface area (Å²) < 4.78 is 5.23. The van der Waals surface area contributed by atoms with Gasteiger partial charge in [-0.1, -0.05) is 17.7 Å². The Morgan fingerprint density at radius 2 is 2.31 bits per heavy atom. The molecule has 0 aliphatic heterocycles. The molecule has 0 fully saturated rings. The van der Waals surface area contributed by atoms with Crippen LogP contribution in [0.15, 0.2) is 39.0 Å². The fourth-order valence-corrected chi connectivity index (χ4v) is 2.47. The number of aromatic nitrogens is 1. The van der Waals surface area contributed by atoms with E-state index in [0.717, 1.165) is 10.6 Å². The maximum absolute atomic E-state index is 9.23. The van der Waals surface area contributed by atoms with Crippen molar-refractivity contribution in [3.05, 3.63) is 40.7 Å². The van der Waals surface area contributed by atoms with Crippen LogP contribution in [-0.2, 0) is 6.61 Å². The summed E-state index contributed by atoms with van der Waals surface area (Å²) in [4.78, 5) is 5.04. The first-order valence-electron chi connectivity index (χ1n) is 4.69. The Morgan fingerprint density at radius 3 is 2.94 bits per heavy atom. The first-order chi connectivity index (χ1) is 7.70. The summed E-state index contributed by atoms with van der Waals surface area (Å²) in [6.45, 7) is 1.76. The number of halogens is 1. The summed E-state index contributed by atoms with van der Waals surface area (Å²) in [7, 11) is 0. The SMILES string of the molecule is Cc1coc(Sc2cccc(Cl)c2CO)n1. The normalized spacial score (nSPS) is 10.7. The number of hydrogen-bond donors (Lipinski definition) is 1. The predicted molar refractivity (Wildman–Crippen MR) is 62.7 cm³/mol. The third-order valence-electron chi connectivity index (χ3n) is 2.03. The van der Waals surface area contributed by atoms with Gasteiger partial charge in [-0.2, -0.15) is 0 Å². The molecule has 3 nitrogen and oxygen atoms in total. The number of hydrogen-bond acceptors (Lipinski definition) is 4. The topological polar surface area (TPSA) is 46.3 Å². The molecule has 1 aromatic carbocycles. The third-order valence-corrected chi connectivity index (χ3v) is 3.35. The van der Waals surface area contributed by atoms with Gasteiger partial charge in [0.25, 0.3) is 5.22 Å². The van der Waals surface area contributed by atoms with E-state index in [2.05, 4.69) is 4.98 Å². The van der Waals surface area contributed by atoms with Crippen LogP contribution in [0.5, 0.6) is 0 Å². The molecule has 0 bridgehead atoms. The second kappa shape index (κ2) is 4.91. The van der Waals surface area contributed by atoms with Gasteiger partial charge in [-0.15, -0.1) is 0 Å². The van der Waals surface area contributed by atoms with Crippen LogP contribution in [0.4, 0.5) is 0 Å². The Hall–Kier alpha value is -0.970. The average Bonchev–Trinajstić information content (AvgIpc) is 2.64. The minimum atomic E-state index is -0.0955. The Morgan fingerprint density at radius 1 is 1.50 bits per heavy atom. The average molecular weight is 256 g/mol. The van der Waals surface area contributed by atoms with Gasteiger partial charge < -0.3 is 9.52 Å². The molecule has 0 saturated carbocycles. The lowest BCUT2D eigenvalue weighted by Crippen LogP contribution is -1.88. The highest BCUT2D eigenvalue weighted by Crippen LogP contribution is 2.33. The molecule has 84 valence electrons. The van der Waals surface area contributed by atoms with E-state index in [1.54, 1.807) is 12.3 Å². The van der Waals surface area contributed by atoms with Crippen molar-refractivity contribution < 1.29 is 9.52 Å². The van der Waals surface area contributed by atoms with Crippen molar-refractivity contribution in [2.75, 3.05) is 0 Å². The zero-order valence-electron chi connectivity index (χ0n) is 8.61. The molecular weight excluding hydrogens is 246 g/mol. The van der Waals surface area contributed by atoms with Crippen LogP contribution in [-0.4, -0.2) is 10.1 Å². The Balaban J connectivity index is 2.30. The molecule has 0 atom stereocenters. The monoisotopic (exact) mass is 255 g/mol. The number of aliphatic hydroxyl groups is 1. The minimum absolute atomic E-state index is 0.0955. The Kier molecular flexibility index (Phi) is 3.53. The second-order valence-corrected chi connectivity index (χ2v) is 4.63. The van der Waals surface area contributed by atoms with Gasteiger partial charge in [0.05, 0.1) is 12.3 Å². The van der Waals surface area contributed by atoms with Crippen molar-refractivity contribution in [1.29, 1.82) is 0 Å². The first-order valence-corrected chi connectivity index (χ1v) is 5.88. The van der Waals surface area contributed by atoms with Crippen LogP contribution in [0.25, 0.3) is 0 Å². The van der Waals surface area contributed by atoms with Crippen LogP contribution in [0.3, 0.4) is 0 Å². The number of aliphatic hydroxyl groups excluding tert-OH is 1. The summed E-state index contributed by atoms with van der Waals surface area (Å²) in [5.74, 6) is 0. The maximum Gasteiger partial charge on any atom is 0.260 e. The lowest BCUT2D eigenvalue weighted by Gasteiger charge is -2.05. The molecule has 2 aromatic rings. The van der Waals surface area contributed by atoms with E-state index in [9.17, 15) is 5.11 Å². The first kappa shape index (κ1) is 11.5. The standard InChI is InChI=1S/C11H10ClNO2S/c1-7-6-15-11(13-7)16-10-4-2-3-9(12)8(10)5-14/h2-4,6,14H,5H2,1H3. The van der Waals surface area contributed by atoms with Gasteiger partial charge in [0.1, 0.15) is 6.26 Å². The van der Waals surface area contributed by atoms with Crippen molar-refractivity contribution in [2.45, 2.75) is 23.6 Å². The molecule has 0 unspecified atom stereocenters. The Bertz CT molecular complexity index is 498. The van der Waals surface area contributed by atoms with E-state index in [0.29, 0.717) is 15.8 Å². The van der Waals surface area contributed by atoms with Crippen LogP contribution in [0.1, 0.15) is 11.3 Å². The zero-order chi connectivity index (χ0) is 11.5. The quantitative estimate of drug-likeness (QED) is 0.914. The molecule has 0 aliphatic rings. The van der Waals surface area contributed by atoms with Crippen molar-refractivity contribution in [1.82, 2.24) is 4.98 Å². The van der Waals surface area contributed by atoms with E-state index >= 15 is 0 Å². The minimum Gasteiger partial charge on any atom is -0.439 e. The van der Waals surface area contributed by atoms with E-state index < -0.39 is 0 Å². The lowest BCUT2D eigenvalue weighted by molar-refractivity contribution is 0.279. The number of benzene rings is 1. The predicted octanol–water partition coefficient (Wildman–Crippen LogP) is 3.28. The molecule has 5 heteroatoms. The molecule has 2 rings (SSSR count). The highest BCUT2D eigenvalue weighted by Gasteiger charge is 2.10. The zero-order valence-corrected chi connectivity index (χ0v) is 10.2. The molecule has 1 N–H and O–H groups in total. The van der Waals surface area contributed by atoms with E-state index in [1.807, 2.05) is 19.1 Å². The molecule has 1 aromatic heterocycles. The van der Waals surface area contributed by atoms with Gasteiger partial charge in [-0.25, -0.2) is 4.98 Å². The summed E-state index contributed by atoms with van der Waals surface area (Å²) >= 11 is 7.33. The highest BCUT2D eigenvalue weighted by atomic mass is 35.5.